The number of fused-ring (bicyclic) bond motifs is 2. The maximum Gasteiger partial charge on any atom is -0.0152 e. The molecule has 2 aliphatic rings. The van der Waals surface area contributed by atoms with Gasteiger partial charge in [-0.3, -0.25) is 0 Å². The highest BCUT2D eigenvalue weighted by Gasteiger charge is 2.17. The Labute approximate surface area is 85.0 Å². The van der Waals surface area contributed by atoms with Crippen LogP contribution >= 0.6 is 0 Å². The van der Waals surface area contributed by atoms with E-state index in [0.717, 1.165) is 0 Å². The van der Waals surface area contributed by atoms with Crippen LogP contribution in [0.2, 0.25) is 0 Å². The van der Waals surface area contributed by atoms with Gasteiger partial charge in [-0.15, -0.1) is 0 Å². The van der Waals surface area contributed by atoms with Crippen molar-refractivity contribution in [3.63, 3.8) is 0 Å². The topological polar surface area (TPSA) is 0 Å². The van der Waals surface area contributed by atoms with Crippen LogP contribution in [-0.2, 0) is 6.42 Å². The molecule has 0 heteroatoms. The normalized spacial score (nSPS) is 19.1. The molecule has 0 nitrogen and oxygen atoms in total. The molecule has 0 N–H and O–H groups in total. The van der Waals surface area contributed by atoms with E-state index in [1.165, 1.54) is 42.4 Å². The third-order valence-corrected chi connectivity index (χ3v) is 3.28. The molecule has 1 aromatic rings. The van der Waals surface area contributed by atoms with E-state index in [1.54, 1.807) is 5.57 Å². The van der Waals surface area contributed by atoms with Crippen molar-refractivity contribution in [1.82, 2.24) is 0 Å². The average Bonchev–Trinajstić information content (AvgIpc) is 2.29. The lowest BCUT2D eigenvalue weighted by Gasteiger charge is -2.23. The van der Waals surface area contributed by atoms with E-state index in [-0.39, 0.29) is 0 Å². The molecule has 0 bridgehead atoms. The van der Waals surface area contributed by atoms with Crippen molar-refractivity contribution in [3.8, 4) is 0 Å². The second kappa shape index (κ2) is 3.13. The summed E-state index contributed by atoms with van der Waals surface area (Å²) in [6.45, 7) is 0. The smallest absolute Gasteiger partial charge is 0.0152 e. The Bertz CT molecular complexity index is 421. The van der Waals surface area contributed by atoms with Gasteiger partial charge in [0.1, 0.15) is 0 Å². The molecule has 70 valence electrons. The monoisotopic (exact) mass is 182 g/mol. The summed E-state index contributed by atoms with van der Waals surface area (Å²) in [5.74, 6) is 0. The second-order valence-electron chi connectivity index (χ2n) is 4.12. The van der Waals surface area contributed by atoms with Gasteiger partial charge in [-0.25, -0.2) is 0 Å². The van der Waals surface area contributed by atoms with Crippen molar-refractivity contribution in [3.05, 3.63) is 53.1 Å². The molecule has 0 aromatic heterocycles. The summed E-state index contributed by atoms with van der Waals surface area (Å²) < 4.78 is 0. The fourth-order valence-corrected chi connectivity index (χ4v) is 2.54. The summed E-state index contributed by atoms with van der Waals surface area (Å²) in [6, 6.07) is 8.83. The minimum atomic E-state index is 1.24. The first-order chi connectivity index (χ1) is 6.95. The van der Waals surface area contributed by atoms with E-state index in [1.807, 2.05) is 0 Å². The Morgan fingerprint density at radius 3 is 2.86 bits per heavy atom. The van der Waals surface area contributed by atoms with Crippen molar-refractivity contribution < 1.29 is 0 Å². The van der Waals surface area contributed by atoms with Gasteiger partial charge in [-0.05, 0) is 42.4 Å². The molecular weight excluding hydrogens is 168 g/mol. The van der Waals surface area contributed by atoms with E-state index in [9.17, 15) is 0 Å². The minimum Gasteiger partial charge on any atom is -0.0836 e. The van der Waals surface area contributed by atoms with Crippen molar-refractivity contribution in [2.75, 3.05) is 0 Å². The minimum absolute atomic E-state index is 1.24. The lowest BCUT2D eigenvalue weighted by atomic mass is 9.81. The molecule has 0 heterocycles. The summed E-state index contributed by atoms with van der Waals surface area (Å²) in [6.07, 6.45) is 9.65. The van der Waals surface area contributed by atoms with Crippen LogP contribution in [0.5, 0.6) is 0 Å². The predicted molar refractivity (Wildman–Crippen MR) is 60.1 cm³/mol. The molecule has 0 saturated carbocycles. The lowest BCUT2D eigenvalue weighted by molar-refractivity contribution is 0.827. The van der Waals surface area contributed by atoms with Crippen LogP contribution in [0.25, 0.3) is 5.57 Å². The largest absolute Gasteiger partial charge is 0.0836 e. The van der Waals surface area contributed by atoms with Gasteiger partial charge in [-0.2, -0.15) is 0 Å². The van der Waals surface area contributed by atoms with Crippen LogP contribution in [0.15, 0.2) is 42.0 Å². The predicted octanol–water partition coefficient (Wildman–Crippen LogP) is 3.74. The Hall–Kier alpha value is -1.30. The molecule has 0 amide bonds. The van der Waals surface area contributed by atoms with E-state index in [2.05, 4.69) is 36.4 Å². The first kappa shape index (κ1) is 8.05. The Kier molecular flexibility index (Phi) is 1.80. The lowest BCUT2D eigenvalue weighted by Crippen LogP contribution is -2.05. The third kappa shape index (κ3) is 1.14. The molecule has 14 heavy (non-hydrogen) atoms. The average molecular weight is 182 g/mol. The highest BCUT2D eigenvalue weighted by atomic mass is 14.2. The molecule has 0 unspecified atom stereocenters. The van der Waals surface area contributed by atoms with Crippen LogP contribution in [0, 0.1) is 0 Å². The molecule has 0 spiro atoms. The maximum absolute atomic E-state index is 2.32. The summed E-state index contributed by atoms with van der Waals surface area (Å²) >= 11 is 0. The molecule has 0 saturated heterocycles. The molecule has 2 aliphatic carbocycles. The Morgan fingerprint density at radius 2 is 1.86 bits per heavy atom. The van der Waals surface area contributed by atoms with Gasteiger partial charge in [0.15, 0.2) is 0 Å². The maximum atomic E-state index is 2.32. The number of benzene rings is 1. The van der Waals surface area contributed by atoms with Gasteiger partial charge < -0.3 is 0 Å². The van der Waals surface area contributed by atoms with Gasteiger partial charge in [-0.1, -0.05) is 42.0 Å². The van der Waals surface area contributed by atoms with Gasteiger partial charge in [0.2, 0.25) is 0 Å². The van der Waals surface area contributed by atoms with Gasteiger partial charge in [0, 0.05) is 0 Å². The summed E-state index contributed by atoms with van der Waals surface area (Å²) in [7, 11) is 0. The highest BCUT2D eigenvalue weighted by molar-refractivity contribution is 5.80. The first-order valence-electron chi connectivity index (χ1n) is 5.42. The molecular formula is C14H14. The van der Waals surface area contributed by atoms with E-state index in [0.29, 0.717) is 0 Å². The molecule has 0 atom stereocenters. The van der Waals surface area contributed by atoms with Crippen molar-refractivity contribution in [2.45, 2.75) is 25.7 Å². The standard InChI is InChI=1S/C14H14/c1-3-7-13-11(5-1)9-10-12-6-2-4-8-14(12)13/h1,3-5,7-8H,2,6,9-10H2. The van der Waals surface area contributed by atoms with Gasteiger partial charge in [0.05, 0.1) is 0 Å². The van der Waals surface area contributed by atoms with Crippen LogP contribution in [0.4, 0.5) is 0 Å². The fraction of sp³-hybridized carbons (Fsp3) is 0.286. The van der Waals surface area contributed by atoms with Crippen LogP contribution in [0.1, 0.15) is 30.4 Å². The zero-order valence-corrected chi connectivity index (χ0v) is 8.29. The van der Waals surface area contributed by atoms with Gasteiger partial charge >= 0.3 is 0 Å². The van der Waals surface area contributed by atoms with Crippen molar-refractivity contribution in [1.29, 1.82) is 0 Å². The summed E-state index contributed by atoms with van der Waals surface area (Å²) in [5.41, 5.74) is 6.19. The number of aryl methyl sites for hydroxylation is 1. The van der Waals surface area contributed by atoms with Crippen molar-refractivity contribution in [2.24, 2.45) is 0 Å². The zero-order valence-electron chi connectivity index (χ0n) is 8.29. The first-order valence-corrected chi connectivity index (χ1v) is 5.42. The molecule has 0 fully saturated rings. The molecule has 0 aliphatic heterocycles. The highest BCUT2D eigenvalue weighted by Crippen LogP contribution is 2.36. The van der Waals surface area contributed by atoms with E-state index >= 15 is 0 Å². The van der Waals surface area contributed by atoms with Crippen LogP contribution < -0.4 is 0 Å². The Morgan fingerprint density at radius 1 is 0.929 bits per heavy atom. The van der Waals surface area contributed by atoms with E-state index in [4.69, 9.17) is 0 Å². The quantitative estimate of drug-likeness (QED) is 0.573. The number of hydrogen-bond acceptors (Lipinski definition) is 0. The SMILES string of the molecule is C1=CC2=C(CC1)CCc1ccccc12. The zero-order chi connectivity index (χ0) is 9.38. The summed E-state index contributed by atoms with van der Waals surface area (Å²) in [4.78, 5) is 0. The van der Waals surface area contributed by atoms with Crippen LogP contribution in [-0.4, -0.2) is 0 Å². The molecule has 1 aromatic carbocycles. The third-order valence-electron chi connectivity index (χ3n) is 3.28. The van der Waals surface area contributed by atoms with E-state index < -0.39 is 0 Å². The number of allylic oxidation sites excluding steroid dienone is 4. The van der Waals surface area contributed by atoms with Crippen molar-refractivity contribution >= 4 is 5.57 Å². The van der Waals surface area contributed by atoms with Crippen LogP contribution in [0.3, 0.4) is 0 Å². The number of rotatable bonds is 0. The second-order valence-corrected chi connectivity index (χ2v) is 4.12. The Balaban J connectivity index is 2.19. The summed E-state index contributed by atoms with van der Waals surface area (Å²) in [5, 5.41) is 0. The molecule has 0 radical (unpaired) electrons. The molecule has 3 rings (SSSR count). The van der Waals surface area contributed by atoms with Gasteiger partial charge in [0.25, 0.3) is 0 Å². The fourth-order valence-electron chi connectivity index (χ4n) is 2.54. The number of hydrogen-bond donors (Lipinski definition) is 0.